The second-order valence-electron chi connectivity index (χ2n) is 8.31. The van der Waals surface area contributed by atoms with Gasteiger partial charge in [-0.05, 0) is 48.4 Å². The Bertz CT molecular complexity index is 1080. The van der Waals surface area contributed by atoms with E-state index in [0.717, 1.165) is 11.1 Å². The molecule has 4 nitrogen and oxygen atoms in total. The first-order chi connectivity index (χ1) is 14.9. The van der Waals surface area contributed by atoms with Crippen LogP contribution in [0.2, 0.25) is 10.0 Å². The molecule has 0 bridgehead atoms. The van der Waals surface area contributed by atoms with Crippen LogP contribution in [0.15, 0.2) is 36.4 Å². The van der Waals surface area contributed by atoms with Gasteiger partial charge in [0.15, 0.2) is 0 Å². The predicted octanol–water partition coefficient (Wildman–Crippen LogP) is 6.36. The minimum Gasteiger partial charge on any atom is -0.349 e. The van der Waals surface area contributed by atoms with E-state index in [2.05, 4.69) is 10.6 Å². The molecule has 2 amide bonds. The number of hydrogen-bond donors (Lipinski definition) is 2. The van der Waals surface area contributed by atoms with Crippen molar-refractivity contribution in [1.82, 2.24) is 5.32 Å². The summed E-state index contributed by atoms with van der Waals surface area (Å²) in [7, 11) is 0. The van der Waals surface area contributed by atoms with Crippen LogP contribution in [0.3, 0.4) is 0 Å². The topological polar surface area (TPSA) is 58.2 Å². The molecular formula is C22H18Cl4F2N2O2. The van der Waals surface area contributed by atoms with E-state index in [-0.39, 0.29) is 10.6 Å². The van der Waals surface area contributed by atoms with Gasteiger partial charge in [-0.1, -0.05) is 29.3 Å². The smallest absolute Gasteiger partial charge is 0.253 e. The van der Waals surface area contributed by atoms with Crippen LogP contribution < -0.4 is 10.6 Å². The number of carbonyl (C=O) groups is 2. The second kappa shape index (κ2) is 8.32. The molecule has 10 heteroatoms. The van der Waals surface area contributed by atoms with Crippen LogP contribution >= 0.6 is 46.4 Å². The summed E-state index contributed by atoms with van der Waals surface area (Å²) in [6.45, 7) is 1.88. The van der Waals surface area contributed by atoms with E-state index in [4.69, 9.17) is 46.4 Å². The van der Waals surface area contributed by atoms with Crippen LogP contribution in [0.5, 0.6) is 0 Å². The number of aryl methyl sites for hydroxylation is 1. The average molecular weight is 522 g/mol. The van der Waals surface area contributed by atoms with E-state index in [1.165, 1.54) is 18.2 Å². The summed E-state index contributed by atoms with van der Waals surface area (Å²) in [6, 6.07) is 9.13. The van der Waals surface area contributed by atoms with Gasteiger partial charge in [-0.15, -0.1) is 23.2 Å². The van der Waals surface area contributed by atoms with Gasteiger partial charge in [0.2, 0.25) is 5.91 Å². The van der Waals surface area contributed by atoms with Crippen molar-refractivity contribution in [1.29, 1.82) is 0 Å². The lowest BCUT2D eigenvalue weighted by molar-refractivity contribution is -0.117. The molecule has 2 N–H and O–H groups in total. The van der Waals surface area contributed by atoms with Crippen LogP contribution in [-0.4, -0.2) is 28.1 Å². The summed E-state index contributed by atoms with van der Waals surface area (Å²) in [5, 5.41) is 5.89. The van der Waals surface area contributed by atoms with E-state index < -0.39 is 52.8 Å². The summed E-state index contributed by atoms with van der Waals surface area (Å²) in [5.41, 5.74) is 2.05. The third kappa shape index (κ3) is 4.69. The van der Waals surface area contributed by atoms with Crippen LogP contribution in [0.1, 0.15) is 40.2 Å². The highest BCUT2D eigenvalue weighted by Crippen LogP contribution is 2.65. The van der Waals surface area contributed by atoms with Gasteiger partial charge in [-0.25, -0.2) is 8.78 Å². The Morgan fingerprint density at radius 2 is 1.75 bits per heavy atom. The molecule has 2 atom stereocenters. The van der Waals surface area contributed by atoms with E-state index in [1.54, 1.807) is 12.1 Å². The standard InChI is InChI=1S/C22H18Cl4F2N2O2/c1-10-4-11(6-12(23)5-10)17-18(22(17,25)26)20(32)29-13-2-3-16(24)15(7-13)19(31)30-14-8-21(27,28)9-14/h2-7,14,17-18H,8-9H2,1H3,(H,29,32)(H,30,31). The molecule has 2 unspecified atom stereocenters. The molecule has 0 radical (unpaired) electrons. The molecule has 32 heavy (non-hydrogen) atoms. The van der Waals surface area contributed by atoms with Gasteiger partial charge in [0.25, 0.3) is 11.8 Å². The van der Waals surface area contributed by atoms with Gasteiger partial charge in [-0.3, -0.25) is 9.59 Å². The van der Waals surface area contributed by atoms with Crippen molar-refractivity contribution in [2.24, 2.45) is 5.92 Å². The highest BCUT2D eigenvalue weighted by molar-refractivity contribution is 6.53. The Kier molecular flexibility index (Phi) is 6.12. The maximum absolute atomic E-state index is 13.0. The van der Waals surface area contributed by atoms with E-state index in [0.29, 0.717) is 10.7 Å². The summed E-state index contributed by atoms with van der Waals surface area (Å²) >= 11 is 25.0. The van der Waals surface area contributed by atoms with Crippen LogP contribution in [-0.2, 0) is 4.79 Å². The van der Waals surface area contributed by atoms with Gasteiger partial charge in [0.05, 0.1) is 16.5 Å². The Morgan fingerprint density at radius 1 is 1.06 bits per heavy atom. The molecule has 0 aromatic heterocycles. The Morgan fingerprint density at radius 3 is 2.38 bits per heavy atom. The zero-order chi connectivity index (χ0) is 23.4. The summed E-state index contributed by atoms with van der Waals surface area (Å²) in [4.78, 5) is 25.3. The molecule has 0 saturated heterocycles. The first kappa shape index (κ1) is 23.6. The monoisotopic (exact) mass is 520 g/mol. The molecule has 4 rings (SSSR count). The lowest BCUT2D eigenvalue weighted by atomic mass is 9.88. The van der Waals surface area contributed by atoms with Crippen molar-refractivity contribution in [3.8, 4) is 0 Å². The molecule has 0 heterocycles. The minimum absolute atomic E-state index is 0.0699. The number of nitrogens with one attached hydrogen (secondary N) is 2. The highest BCUT2D eigenvalue weighted by Gasteiger charge is 2.67. The van der Waals surface area contributed by atoms with Crippen molar-refractivity contribution in [3.05, 3.63) is 63.1 Å². The van der Waals surface area contributed by atoms with E-state index >= 15 is 0 Å². The van der Waals surface area contributed by atoms with Crippen molar-refractivity contribution in [2.75, 3.05) is 5.32 Å². The quantitative estimate of drug-likeness (QED) is 0.450. The lowest BCUT2D eigenvalue weighted by Gasteiger charge is -2.35. The number of alkyl halides is 4. The van der Waals surface area contributed by atoms with Gasteiger partial charge in [0, 0.05) is 35.5 Å². The maximum atomic E-state index is 13.0. The Hall–Kier alpha value is -1.60. The van der Waals surface area contributed by atoms with Crippen molar-refractivity contribution >= 4 is 63.9 Å². The van der Waals surface area contributed by atoms with Crippen LogP contribution in [0.25, 0.3) is 0 Å². The molecule has 170 valence electrons. The number of halogens is 6. The average Bonchev–Trinajstić information content (AvgIpc) is 3.23. The first-order valence-corrected chi connectivity index (χ1v) is 11.3. The number of anilines is 1. The summed E-state index contributed by atoms with van der Waals surface area (Å²) in [6.07, 6.45) is -0.821. The third-order valence-electron chi connectivity index (χ3n) is 5.66. The summed E-state index contributed by atoms with van der Waals surface area (Å²) < 4.78 is 24.7. The van der Waals surface area contributed by atoms with E-state index in [9.17, 15) is 18.4 Å². The predicted molar refractivity (Wildman–Crippen MR) is 122 cm³/mol. The highest BCUT2D eigenvalue weighted by atomic mass is 35.5. The summed E-state index contributed by atoms with van der Waals surface area (Å²) in [5.74, 6) is -4.94. The molecule has 2 aromatic carbocycles. The fourth-order valence-corrected chi connectivity index (χ4v) is 5.36. The molecule has 2 aliphatic carbocycles. The van der Waals surface area contributed by atoms with Crippen LogP contribution in [0, 0.1) is 12.8 Å². The van der Waals surface area contributed by atoms with Crippen molar-refractivity contribution < 1.29 is 18.4 Å². The van der Waals surface area contributed by atoms with Gasteiger partial charge in [0.1, 0.15) is 4.33 Å². The first-order valence-electron chi connectivity index (χ1n) is 9.81. The van der Waals surface area contributed by atoms with Gasteiger partial charge < -0.3 is 10.6 Å². The minimum atomic E-state index is -2.75. The normalized spacial score (nSPS) is 23.2. The van der Waals surface area contributed by atoms with Crippen LogP contribution in [0.4, 0.5) is 14.5 Å². The molecular weight excluding hydrogens is 504 g/mol. The Balaban J connectivity index is 1.46. The number of rotatable bonds is 5. The largest absolute Gasteiger partial charge is 0.349 e. The maximum Gasteiger partial charge on any atom is 0.253 e. The number of benzene rings is 2. The molecule has 0 aliphatic heterocycles. The fourth-order valence-electron chi connectivity index (χ4n) is 4.04. The number of hydrogen-bond acceptors (Lipinski definition) is 2. The number of amides is 2. The molecule has 2 fully saturated rings. The molecule has 2 aromatic rings. The fraction of sp³-hybridized carbons (Fsp3) is 0.364. The molecule has 2 aliphatic rings. The zero-order valence-corrected chi connectivity index (χ0v) is 19.7. The Labute approximate surface area is 203 Å². The SMILES string of the molecule is Cc1cc(Cl)cc(C2C(C(=O)Nc3ccc(Cl)c(C(=O)NC4CC(F)(F)C4)c3)C2(Cl)Cl)c1. The van der Waals surface area contributed by atoms with Gasteiger partial charge in [-0.2, -0.15) is 0 Å². The lowest BCUT2D eigenvalue weighted by Crippen LogP contribution is -2.50. The number of carbonyl (C=O) groups excluding carboxylic acids is 2. The second-order valence-corrected chi connectivity index (χ2v) is 10.6. The van der Waals surface area contributed by atoms with Crippen molar-refractivity contribution in [3.63, 3.8) is 0 Å². The zero-order valence-electron chi connectivity index (χ0n) is 16.7. The van der Waals surface area contributed by atoms with Gasteiger partial charge >= 0.3 is 0 Å². The van der Waals surface area contributed by atoms with E-state index in [1.807, 2.05) is 13.0 Å². The third-order valence-corrected chi connectivity index (χ3v) is 7.15. The molecule has 2 saturated carbocycles. The molecule has 0 spiro atoms. The van der Waals surface area contributed by atoms with Crippen molar-refractivity contribution in [2.45, 2.75) is 42.0 Å².